The van der Waals surface area contributed by atoms with Gasteiger partial charge < -0.3 is 10.1 Å². The molecule has 0 spiro atoms. The maximum absolute atomic E-state index is 5.60. The van der Waals surface area contributed by atoms with Crippen molar-refractivity contribution in [3.05, 3.63) is 41.7 Å². The standard InChI is InChI=1S/C16H23N3O/c1-5-10-20-15-8-6-14(7-9-15)12(2)17-16-11-19(4)18-13(16)3/h6-9,11-12,17H,5,10H2,1-4H3. The first-order valence-corrected chi connectivity index (χ1v) is 7.09. The Morgan fingerprint density at radius 2 is 2.00 bits per heavy atom. The number of aromatic nitrogens is 2. The third-order valence-electron chi connectivity index (χ3n) is 3.24. The molecule has 0 saturated carbocycles. The molecule has 1 atom stereocenters. The van der Waals surface area contributed by atoms with E-state index in [2.05, 4.69) is 36.4 Å². The van der Waals surface area contributed by atoms with Gasteiger partial charge in [0.05, 0.1) is 18.0 Å². The second-order valence-corrected chi connectivity index (χ2v) is 5.09. The first-order valence-electron chi connectivity index (χ1n) is 7.09. The molecule has 0 amide bonds. The quantitative estimate of drug-likeness (QED) is 0.872. The zero-order valence-electron chi connectivity index (χ0n) is 12.7. The highest BCUT2D eigenvalue weighted by Gasteiger charge is 2.09. The highest BCUT2D eigenvalue weighted by Crippen LogP contribution is 2.23. The molecule has 108 valence electrons. The average Bonchev–Trinajstić information content (AvgIpc) is 2.75. The third-order valence-corrected chi connectivity index (χ3v) is 3.24. The molecule has 1 unspecified atom stereocenters. The minimum Gasteiger partial charge on any atom is -0.494 e. The van der Waals surface area contributed by atoms with E-state index >= 15 is 0 Å². The van der Waals surface area contributed by atoms with Crippen LogP contribution in [0.3, 0.4) is 0 Å². The van der Waals surface area contributed by atoms with Crippen LogP contribution in [0.15, 0.2) is 30.5 Å². The summed E-state index contributed by atoms with van der Waals surface area (Å²) in [5.41, 5.74) is 3.32. The summed E-state index contributed by atoms with van der Waals surface area (Å²) in [5, 5.41) is 7.83. The van der Waals surface area contributed by atoms with Crippen molar-refractivity contribution in [2.75, 3.05) is 11.9 Å². The van der Waals surface area contributed by atoms with Crippen molar-refractivity contribution in [1.82, 2.24) is 9.78 Å². The average molecular weight is 273 g/mol. The molecule has 0 bridgehead atoms. The second-order valence-electron chi connectivity index (χ2n) is 5.09. The molecule has 0 aliphatic rings. The number of hydrogen-bond donors (Lipinski definition) is 1. The lowest BCUT2D eigenvalue weighted by molar-refractivity contribution is 0.317. The van der Waals surface area contributed by atoms with Gasteiger partial charge in [-0.25, -0.2) is 0 Å². The van der Waals surface area contributed by atoms with Gasteiger partial charge in [0, 0.05) is 19.3 Å². The molecule has 2 aromatic rings. The van der Waals surface area contributed by atoms with E-state index in [0.717, 1.165) is 30.2 Å². The summed E-state index contributed by atoms with van der Waals surface area (Å²) in [6, 6.07) is 8.50. The van der Waals surface area contributed by atoms with Gasteiger partial charge in [0.25, 0.3) is 0 Å². The lowest BCUT2D eigenvalue weighted by Crippen LogP contribution is -2.07. The van der Waals surface area contributed by atoms with Gasteiger partial charge in [0.2, 0.25) is 0 Å². The second kappa shape index (κ2) is 6.46. The molecule has 0 radical (unpaired) electrons. The van der Waals surface area contributed by atoms with Crippen LogP contribution < -0.4 is 10.1 Å². The third kappa shape index (κ3) is 3.53. The molecule has 1 aromatic heterocycles. The topological polar surface area (TPSA) is 39.1 Å². The fourth-order valence-electron chi connectivity index (χ4n) is 2.13. The molecule has 0 saturated heterocycles. The van der Waals surface area contributed by atoms with Gasteiger partial charge in [-0.2, -0.15) is 5.10 Å². The van der Waals surface area contributed by atoms with E-state index in [1.165, 1.54) is 5.56 Å². The summed E-state index contributed by atoms with van der Waals surface area (Å²) in [5.74, 6) is 0.931. The van der Waals surface area contributed by atoms with Gasteiger partial charge in [-0.1, -0.05) is 19.1 Å². The van der Waals surface area contributed by atoms with Gasteiger partial charge >= 0.3 is 0 Å². The fourth-order valence-corrected chi connectivity index (χ4v) is 2.13. The van der Waals surface area contributed by atoms with Crippen LogP contribution in [0.25, 0.3) is 0 Å². The van der Waals surface area contributed by atoms with Crippen molar-refractivity contribution < 1.29 is 4.74 Å². The molecule has 0 aliphatic heterocycles. The van der Waals surface area contributed by atoms with Gasteiger partial charge in [-0.05, 0) is 38.0 Å². The van der Waals surface area contributed by atoms with Crippen molar-refractivity contribution in [1.29, 1.82) is 0 Å². The summed E-state index contributed by atoms with van der Waals surface area (Å²) < 4.78 is 7.42. The maximum atomic E-state index is 5.60. The highest BCUT2D eigenvalue weighted by atomic mass is 16.5. The van der Waals surface area contributed by atoms with E-state index in [0.29, 0.717) is 0 Å². The molecule has 4 heteroatoms. The molecule has 2 rings (SSSR count). The van der Waals surface area contributed by atoms with E-state index in [4.69, 9.17) is 4.74 Å². The van der Waals surface area contributed by atoms with Gasteiger partial charge in [-0.3, -0.25) is 4.68 Å². The van der Waals surface area contributed by atoms with E-state index < -0.39 is 0 Å². The number of ether oxygens (including phenoxy) is 1. The summed E-state index contributed by atoms with van der Waals surface area (Å²) in [6.07, 6.45) is 3.03. The lowest BCUT2D eigenvalue weighted by atomic mass is 10.1. The lowest BCUT2D eigenvalue weighted by Gasteiger charge is -2.15. The summed E-state index contributed by atoms with van der Waals surface area (Å²) in [7, 11) is 1.93. The molecule has 0 fully saturated rings. The van der Waals surface area contributed by atoms with Crippen LogP contribution >= 0.6 is 0 Å². The van der Waals surface area contributed by atoms with E-state index in [1.54, 1.807) is 0 Å². The smallest absolute Gasteiger partial charge is 0.119 e. The first-order chi connectivity index (χ1) is 9.60. The fraction of sp³-hybridized carbons (Fsp3) is 0.438. The number of rotatable bonds is 6. The van der Waals surface area contributed by atoms with Crippen LogP contribution in [-0.2, 0) is 7.05 Å². The Labute approximate surface area is 120 Å². The van der Waals surface area contributed by atoms with Crippen LogP contribution in [0.2, 0.25) is 0 Å². The normalized spacial score (nSPS) is 12.2. The summed E-state index contributed by atoms with van der Waals surface area (Å²) in [4.78, 5) is 0. The molecule has 1 aromatic carbocycles. The Morgan fingerprint density at radius 1 is 1.30 bits per heavy atom. The number of anilines is 1. The van der Waals surface area contributed by atoms with Crippen molar-refractivity contribution in [2.24, 2.45) is 7.05 Å². The Bertz CT molecular complexity index is 545. The maximum Gasteiger partial charge on any atom is 0.119 e. The largest absolute Gasteiger partial charge is 0.494 e. The van der Waals surface area contributed by atoms with E-state index in [9.17, 15) is 0 Å². The minimum atomic E-state index is 0.234. The van der Waals surface area contributed by atoms with Crippen LogP contribution in [-0.4, -0.2) is 16.4 Å². The molecular weight excluding hydrogens is 250 g/mol. The molecular formula is C16H23N3O. The first kappa shape index (κ1) is 14.4. The zero-order chi connectivity index (χ0) is 14.5. The predicted molar refractivity (Wildman–Crippen MR) is 82.2 cm³/mol. The molecule has 0 aliphatic carbocycles. The van der Waals surface area contributed by atoms with Gasteiger partial charge in [0.15, 0.2) is 0 Å². The minimum absolute atomic E-state index is 0.234. The monoisotopic (exact) mass is 273 g/mol. The molecule has 4 nitrogen and oxygen atoms in total. The number of benzene rings is 1. The SMILES string of the molecule is CCCOc1ccc(C(C)Nc2cn(C)nc2C)cc1. The Hall–Kier alpha value is -1.97. The van der Waals surface area contributed by atoms with Gasteiger partial charge in [0.1, 0.15) is 5.75 Å². The Balaban J connectivity index is 2.01. The van der Waals surface area contributed by atoms with E-state index in [1.807, 2.05) is 37.0 Å². The van der Waals surface area contributed by atoms with Crippen molar-refractivity contribution >= 4 is 5.69 Å². The summed E-state index contributed by atoms with van der Waals surface area (Å²) >= 11 is 0. The van der Waals surface area contributed by atoms with Crippen molar-refractivity contribution in [2.45, 2.75) is 33.2 Å². The number of aryl methyl sites for hydroxylation is 2. The number of hydrogen-bond acceptors (Lipinski definition) is 3. The molecule has 1 N–H and O–H groups in total. The Morgan fingerprint density at radius 3 is 2.55 bits per heavy atom. The number of nitrogens with zero attached hydrogens (tertiary/aromatic N) is 2. The highest BCUT2D eigenvalue weighted by molar-refractivity contribution is 5.47. The van der Waals surface area contributed by atoms with Crippen molar-refractivity contribution in [3.8, 4) is 5.75 Å². The number of nitrogens with one attached hydrogen (secondary N) is 1. The molecule has 1 heterocycles. The van der Waals surface area contributed by atoms with Crippen LogP contribution in [0.4, 0.5) is 5.69 Å². The Kier molecular flexibility index (Phi) is 4.66. The van der Waals surface area contributed by atoms with Crippen LogP contribution in [0, 0.1) is 6.92 Å². The van der Waals surface area contributed by atoms with Crippen molar-refractivity contribution in [3.63, 3.8) is 0 Å². The van der Waals surface area contributed by atoms with Crippen LogP contribution in [0.1, 0.15) is 37.6 Å². The summed E-state index contributed by atoms with van der Waals surface area (Å²) in [6.45, 7) is 7.03. The zero-order valence-corrected chi connectivity index (χ0v) is 12.7. The van der Waals surface area contributed by atoms with E-state index in [-0.39, 0.29) is 6.04 Å². The predicted octanol–water partition coefficient (Wildman–Crippen LogP) is 3.69. The van der Waals surface area contributed by atoms with Gasteiger partial charge in [-0.15, -0.1) is 0 Å². The molecule has 20 heavy (non-hydrogen) atoms. The van der Waals surface area contributed by atoms with Crippen LogP contribution in [0.5, 0.6) is 5.75 Å².